The van der Waals surface area contributed by atoms with Crippen LogP contribution in [-0.4, -0.2) is 43.8 Å². The van der Waals surface area contributed by atoms with E-state index < -0.39 is 0 Å². The number of aryl methyl sites for hydroxylation is 1. The number of rotatable bonds is 5. The van der Waals surface area contributed by atoms with E-state index in [-0.39, 0.29) is 12.1 Å². The maximum Gasteiger partial charge on any atom is 0.319 e. The van der Waals surface area contributed by atoms with Crippen LogP contribution in [0.25, 0.3) is 0 Å². The molecule has 0 spiro atoms. The number of carbonyl (C=O) groups excluding carboxylic acids is 1. The molecule has 1 aliphatic heterocycles. The Hall–Kier alpha value is -1.89. The summed E-state index contributed by atoms with van der Waals surface area (Å²) in [6.07, 6.45) is 0. The molecule has 2 heterocycles. The zero-order valence-corrected chi connectivity index (χ0v) is 14.6. The SMILES string of the molecule is Cc1ccc(NC(=O)NC[C@@H](c2ccsc2)N2CCOCC2)cc1. The van der Waals surface area contributed by atoms with Crippen molar-refractivity contribution in [2.75, 3.05) is 38.2 Å². The monoisotopic (exact) mass is 345 g/mol. The van der Waals surface area contributed by atoms with Crippen molar-refractivity contribution in [1.29, 1.82) is 0 Å². The first-order valence-corrected chi connectivity index (χ1v) is 9.12. The topological polar surface area (TPSA) is 53.6 Å². The Morgan fingerprint density at radius 2 is 2.00 bits per heavy atom. The summed E-state index contributed by atoms with van der Waals surface area (Å²) >= 11 is 1.68. The van der Waals surface area contributed by atoms with Crippen molar-refractivity contribution in [2.24, 2.45) is 0 Å². The van der Waals surface area contributed by atoms with Gasteiger partial charge in [-0.25, -0.2) is 4.79 Å². The molecular formula is C18H23N3O2S. The van der Waals surface area contributed by atoms with E-state index >= 15 is 0 Å². The molecular weight excluding hydrogens is 322 g/mol. The average molecular weight is 345 g/mol. The second-order valence-corrected chi connectivity index (χ2v) is 6.70. The number of carbonyl (C=O) groups is 1. The molecule has 24 heavy (non-hydrogen) atoms. The Morgan fingerprint density at radius 3 is 2.67 bits per heavy atom. The summed E-state index contributed by atoms with van der Waals surface area (Å²) in [5.41, 5.74) is 3.22. The summed E-state index contributed by atoms with van der Waals surface area (Å²) < 4.78 is 5.44. The Kier molecular flexibility index (Phi) is 5.85. The Balaban J connectivity index is 1.58. The number of nitrogens with zero attached hydrogens (tertiary/aromatic N) is 1. The maximum atomic E-state index is 12.2. The van der Waals surface area contributed by atoms with Gasteiger partial charge in [0, 0.05) is 25.3 Å². The van der Waals surface area contributed by atoms with Gasteiger partial charge in [0.15, 0.2) is 0 Å². The highest BCUT2D eigenvalue weighted by atomic mass is 32.1. The molecule has 2 aromatic rings. The molecule has 0 unspecified atom stereocenters. The van der Waals surface area contributed by atoms with Crippen molar-refractivity contribution >= 4 is 23.1 Å². The highest BCUT2D eigenvalue weighted by molar-refractivity contribution is 7.07. The molecule has 1 saturated heterocycles. The van der Waals surface area contributed by atoms with E-state index in [9.17, 15) is 4.79 Å². The summed E-state index contributed by atoms with van der Waals surface area (Å²) in [7, 11) is 0. The van der Waals surface area contributed by atoms with E-state index in [1.54, 1.807) is 11.3 Å². The molecule has 0 saturated carbocycles. The molecule has 1 aromatic heterocycles. The molecule has 5 nitrogen and oxygen atoms in total. The van der Waals surface area contributed by atoms with Gasteiger partial charge in [0.05, 0.1) is 19.3 Å². The number of nitrogens with one attached hydrogen (secondary N) is 2. The Morgan fingerprint density at radius 1 is 1.25 bits per heavy atom. The van der Waals surface area contributed by atoms with Gasteiger partial charge in [0.2, 0.25) is 0 Å². The number of amides is 2. The van der Waals surface area contributed by atoms with Crippen LogP contribution < -0.4 is 10.6 Å². The van der Waals surface area contributed by atoms with Gasteiger partial charge < -0.3 is 15.4 Å². The zero-order chi connectivity index (χ0) is 16.8. The lowest BCUT2D eigenvalue weighted by Crippen LogP contribution is -2.44. The molecule has 2 amide bonds. The Labute approximate surface area is 146 Å². The number of anilines is 1. The van der Waals surface area contributed by atoms with E-state index in [2.05, 4.69) is 32.4 Å². The highest BCUT2D eigenvalue weighted by Gasteiger charge is 2.23. The molecule has 1 fully saturated rings. The number of benzene rings is 1. The maximum absolute atomic E-state index is 12.2. The van der Waals surface area contributed by atoms with Crippen LogP contribution in [0.15, 0.2) is 41.1 Å². The lowest BCUT2D eigenvalue weighted by molar-refractivity contribution is 0.0168. The van der Waals surface area contributed by atoms with E-state index in [0.29, 0.717) is 6.54 Å². The van der Waals surface area contributed by atoms with Crippen LogP contribution in [0.1, 0.15) is 17.2 Å². The van der Waals surface area contributed by atoms with E-state index in [0.717, 1.165) is 32.0 Å². The van der Waals surface area contributed by atoms with Gasteiger partial charge in [0.25, 0.3) is 0 Å². The minimum absolute atomic E-state index is 0.174. The molecule has 1 aromatic carbocycles. The van der Waals surface area contributed by atoms with Crippen LogP contribution in [0.4, 0.5) is 10.5 Å². The molecule has 1 aliphatic rings. The fourth-order valence-electron chi connectivity index (χ4n) is 2.81. The van der Waals surface area contributed by atoms with Gasteiger partial charge in [-0.1, -0.05) is 17.7 Å². The fraction of sp³-hybridized carbons (Fsp3) is 0.389. The quantitative estimate of drug-likeness (QED) is 0.875. The third-order valence-electron chi connectivity index (χ3n) is 4.18. The lowest BCUT2D eigenvalue weighted by atomic mass is 10.1. The summed E-state index contributed by atoms with van der Waals surface area (Å²) in [5, 5.41) is 10.1. The molecule has 0 bridgehead atoms. The predicted molar refractivity (Wildman–Crippen MR) is 97.7 cm³/mol. The molecule has 2 N–H and O–H groups in total. The van der Waals surface area contributed by atoms with Crippen LogP contribution in [-0.2, 0) is 4.74 Å². The van der Waals surface area contributed by atoms with Crippen LogP contribution in [0, 0.1) is 6.92 Å². The second kappa shape index (κ2) is 8.28. The van der Waals surface area contributed by atoms with Gasteiger partial charge in [0.1, 0.15) is 0 Å². The van der Waals surface area contributed by atoms with Crippen LogP contribution in [0.3, 0.4) is 0 Å². The Bertz CT molecular complexity index is 637. The molecule has 3 rings (SSSR count). The summed E-state index contributed by atoms with van der Waals surface area (Å²) in [5.74, 6) is 0. The van der Waals surface area contributed by atoms with Crippen LogP contribution in [0.5, 0.6) is 0 Å². The van der Waals surface area contributed by atoms with E-state index in [4.69, 9.17) is 4.74 Å². The molecule has 6 heteroatoms. The van der Waals surface area contributed by atoms with Crippen molar-refractivity contribution in [3.05, 3.63) is 52.2 Å². The van der Waals surface area contributed by atoms with Crippen molar-refractivity contribution < 1.29 is 9.53 Å². The largest absolute Gasteiger partial charge is 0.379 e. The van der Waals surface area contributed by atoms with Gasteiger partial charge in [-0.15, -0.1) is 0 Å². The second-order valence-electron chi connectivity index (χ2n) is 5.92. The van der Waals surface area contributed by atoms with Crippen molar-refractivity contribution in [3.63, 3.8) is 0 Å². The third kappa shape index (κ3) is 4.56. The first-order chi connectivity index (χ1) is 11.7. The summed E-state index contributed by atoms with van der Waals surface area (Å²) in [6, 6.07) is 9.93. The third-order valence-corrected chi connectivity index (χ3v) is 4.88. The van der Waals surface area contributed by atoms with Crippen molar-refractivity contribution in [3.8, 4) is 0 Å². The van der Waals surface area contributed by atoms with Crippen LogP contribution >= 0.6 is 11.3 Å². The number of morpholine rings is 1. The van der Waals surface area contributed by atoms with Gasteiger partial charge in [-0.2, -0.15) is 11.3 Å². The molecule has 128 valence electrons. The predicted octanol–water partition coefficient (Wildman–Crippen LogP) is 3.25. The lowest BCUT2D eigenvalue weighted by Gasteiger charge is -2.34. The smallest absolute Gasteiger partial charge is 0.319 e. The van der Waals surface area contributed by atoms with Gasteiger partial charge in [-0.3, -0.25) is 4.90 Å². The molecule has 0 radical (unpaired) electrons. The van der Waals surface area contributed by atoms with E-state index in [1.165, 1.54) is 11.1 Å². The standard InChI is InChI=1S/C18H23N3O2S/c1-14-2-4-16(5-3-14)20-18(22)19-12-17(15-6-11-24-13-15)21-7-9-23-10-8-21/h2-6,11,13,17H,7-10,12H2,1H3,(H2,19,20,22)/t17-/m0/s1. The number of thiophene rings is 1. The minimum atomic E-state index is -0.174. The zero-order valence-electron chi connectivity index (χ0n) is 13.8. The average Bonchev–Trinajstić information content (AvgIpc) is 3.12. The van der Waals surface area contributed by atoms with Crippen molar-refractivity contribution in [1.82, 2.24) is 10.2 Å². The minimum Gasteiger partial charge on any atom is -0.379 e. The first kappa shape index (κ1) is 17.0. The number of hydrogen-bond donors (Lipinski definition) is 2. The first-order valence-electron chi connectivity index (χ1n) is 8.18. The number of urea groups is 1. The van der Waals surface area contributed by atoms with Gasteiger partial charge >= 0.3 is 6.03 Å². The molecule has 1 atom stereocenters. The fourth-order valence-corrected chi connectivity index (χ4v) is 3.52. The van der Waals surface area contributed by atoms with Crippen LogP contribution in [0.2, 0.25) is 0 Å². The van der Waals surface area contributed by atoms with E-state index in [1.807, 2.05) is 31.2 Å². The normalized spacial score (nSPS) is 16.5. The number of hydrogen-bond acceptors (Lipinski definition) is 4. The highest BCUT2D eigenvalue weighted by Crippen LogP contribution is 2.23. The van der Waals surface area contributed by atoms with Gasteiger partial charge in [-0.05, 0) is 41.4 Å². The summed E-state index contributed by atoms with van der Waals surface area (Å²) in [4.78, 5) is 14.6. The van der Waals surface area contributed by atoms with Crippen molar-refractivity contribution in [2.45, 2.75) is 13.0 Å². The number of ether oxygens (including phenoxy) is 1. The molecule has 0 aliphatic carbocycles. The summed E-state index contributed by atoms with van der Waals surface area (Å²) in [6.45, 7) is 5.88.